The van der Waals surface area contributed by atoms with Crippen LogP contribution < -0.4 is 0 Å². The Hall–Kier alpha value is -2.79. The van der Waals surface area contributed by atoms with Gasteiger partial charge in [0.25, 0.3) is 15.8 Å². The number of nitrogens with zero attached hydrogens (tertiary/aromatic N) is 5. The van der Waals surface area contributed by atoms with Gasteiger partial charge in [-0.05, 0) is 32.0 Å². The first-order chi connectivity index (χ1) is 12.7. The lowest BCUT2D eigenvalue weighted by molar-refractivity contribution is -0.144. The first-order valence-electron chi connectivity index (χ1n) is 8.03. The fourth-order valence-corrected chi connectivity index (χ4v) is 3.18. The second-order valence-corrected chi connectivity index (χ2v) is 8.21. The molecule has 10 nitrogen and oxygen atoms in total. The van der Waals surface area contributed by atoms with Crippen molar-refractivity contribution in [2.75, 3.05) is 14.1 Å². The summed E-state index contributed by atoms with van der Waals surface area (Å²) in [4.78, 5) is 20.5. The molecule has 0 atom stereocenters. The van der Waals surface area contributed by atoms with Gasteiger partial charge >= 0.3 is 5.97 Å². The zero-order valence-electron chi connectivity index (χ0n) is 15.3. The molecule has 0 aliphatic carbocycles. The van der Waals surface area contributed by atoms with E-state index in [1.165, 1.54) is 26.2 Å². The third-order valence-corrected chi connectivity index (χ3v) is 5.40. The van der Waals surface area contributed by atoms with Crippen molar-refractivity contribution in [3.63, 3.8) is 0 Å². The molecule has 0 fully saturated rings. The summed E-state index contributed by atoms with van der Waals surface area (Å²) in [7, 11) is -0.869. The van der Waals surface area contributed by atoms with Gasteiger partial charge in [0.15, 0.2) is 5.82 Å². The fraction of sp³-hybridized carbons (Fsp3) is 0.375. The molecule has 0 aromatic carbocycles. The van der Waals surface area contributed by atoms with Crippen LogP contribution in [0.2, 0.25) is 0 Å². The number of fused-ring (bicyclic) bond motifs is 1. The first kappa shape index (κ1) is 19.0. The smallest absolute Gasteiger partial charge is 0.314 e. The van der Waals surface area contributed by atoms with E-state index in [-0.39, 0.29) is 29.7 Å². The van der Waals surface area contributed by atoms with E-state index in [9.17, 15) is 13.2 Å². The third-order valence-electron chi connectivity index (χ3n) is 3.71. The number of hydrogen-bond acceptors (Lipinski definition) is 8. The minimum absolute atomic E-state index is 0.134. The van der Waals surface area contributed by atoms with Crippen molar-refractivity contribution >= 4 is 21.8 Å². The Morgan fingerprint density at radius 1 is 1.26 bits per heavy atom. The van der Waals surface area contributed by atoms with E-state index in [4.69, 9.17) is 9.15 Å². The Kier molecular flexibility index (Phi) is 4.98. The van der Waals surface area contributed by atoms with Gasteiger partial charge < -0.3 is 9.15 Å². The summed E-state index contributed by atoms with van der Waals surface area (Å²) >= 11 is 0. The van der Waals surface area contributed by atoms with Crippen molar-refractivity contribution in [1.82, 2.24) is 23.9 Å². The van der Waals surface area contributed by atoms with E-state index in [1.807, 2.05) is 19.9 Å². The SMILES string of the molecule is Cc1cc(C)n2nc(CC(=O)OCc3ccc(S(=O)(=O)N(C)C)o3)nc2n1. The highest BCUT2D eigenvalue weighted by Gasteiger charge is 2.22. The molecule has 0 N–H and O–H groups in total. The van der Waals surface area contributed by atoms with Gasteiger partial charge in [-0.1, -0.05) is 0 Å². The lowest BCUT2D eigenvalue weighted by atomic mass is 10.4. The van der Waals surface area contributed by atoms with Crippen LogP contribution in [0.25, 0.3) is 5.78 Å². The van der Waals surface area contributed by atoms with Crippen LogP contribution in [0.4, 0.5) is 0 Å². The van der Waals surface area contributed by atoms with Gasteiger partial charge in [0.05, 0.1) is 0 Å². The molecule has 11 heteroatoms. The molecule has 0 amide bonds. The lowest BCUT2D eigenvalue weighted by Gasteiger charge is -2.07. The minimum Gasteiger partial charge on any atom is -0.457 e. The molecular formula is C16H19N5O5S. The molecule has 27 heavy (non-hydrogen) atoms. The standard InChI is InChI=1S/C16H19N5O5S/c1-10-7-11(2)21-16(17-10)18-13(19-21)8-14(22)25-9-12-5-6-15(26-12)27(23,24)20(3)4/h5-7H,8-9H2,1-4H3. The van der Waals surface area contributed by atoms with Crippen LogP contribution >= 0.6 is 0 Å². The Morgan fingerprint density at radius 2 is 2.00 bits per heavy atom. The van der Waals surface area contributed by atoms with Gasteiger partial charge in [-0.15, -0.1) is 5.10 Å². The van der Waals surface area contributed by atoms with E-state index in [0.717, 1.165) is 15.7 Å². The first-order valence-corrected chi connectivity index (χ1v) is 9.47. The van der Waals surface area contributed by atoms with Crippen molar-refractivity contribution < 1.29 is 22.4 Å². The molecule has 0 radical (unpaired) electrons. The molecule has 0 aliphatic rings. The molecular weight excluding hydrogens is 374 g/mol. The van der Waals surface area contributed by atoms with E-state index in [0.29, 0.717) is 5.78 Å². The van der Waals surface area contributed by atoms with Crippen molar-refractivity contribution in [3.8, 4) is 0 Å². The largest absolute Gasteiger partial charge is 0.457 e. The molecule has 0 saturated carbocycles. The molecule has 144 valence electrons. The van der Waals surface area contributed by atoms with Crippen LogP contribution in [0, 0.1) is 13.8 Å². The molecule has 0 aliphatic heterocycles. The number of hydrogen-bond donors (Lipinski definition) is 0. The molecule has 3 aromatic heterocycles. The molecule has 0 saturated heterocycles. The maximum Gasteiger partial charge on any atom is 0.314 e. The van der Waals surface area contributed by atoms with E-state index in [2.05, 4.69) is 15.1 Å². The number of aromatic nitrogens is 4. The molecule has 0 spiro atoms. The van der Waals surface area contributed by atoms with Crippen LogP contribution in [0.1, 0.15) is 23.0 Å². The molecule has 3 aromatic rings. The number of rotatable bonds is 6. The molecule has 0 unspecified atom stereocenters. The van der Waals surface area contributed by atoms with Gasteiger partial charge in [-0.25, -0.2) is 22.2 Å². The predicted octanol–water partition coefficient (Wildman–Crippen LogP) is 0.870. The van der Waals surface area contributed by atoms with Crippen LogP contribution in [0.15, 0.2) is 27.7 Å². The lowest BCUT2D eigenvalue weighted by Crippen LogP contribution is -2.21. The topological polar surface area (TPSA) is 120 Å². The van der Waals surface area contributed by atoms with E-state index >= 15 is 0 Å². The predicted molar refractivity (Wildman–Crippen MR) is 93.3 cm³/mol. The van der Waals surface area contributed by atoms with Crippen molar-refractivity contribution in [3.05, 3.63) is 41.2 Å². The number of carbonyl (C=O) groups excluding carboxylic acids is 1. The second-order valence-electron chi connectivity index (χ2n) is 6.12. The molecule has 3 heterocycles. The van der Waals surface area contributed by atoms with Crippen LogP contribution in [0.3, 0.4) is 0 Å². The zero-order chi connectivity index (χ0) is 19.8. The maximum absolute atomic E-state index is 12.0. The highest BCUT2D eigenvalue weighted by molar-refractivity contribution is 7.88. The average molecular weight is 393 g/mol. The third kappa shape index (κ3) is 3.98. The Morgan fingerprint density at radius 3 is 2.70 bits per heavy atom. The van der Waals surface area contributed by atoms with Gasteiger partial charge in [0.2, 0.25) is 5.09 Å². The summed E-state index contributed by atoms with van der Waals surface area (Å²) in [5.74, 6) is 0.366. The average Bonchev–Trinajstić information content (AvgIpc) is 3.19. The number of furan rings is 1. The Bertz CT molecular complexity index is 1100. The number of sulfonamides is 1. The highest BCUT2D eigenvalue weighted by atomic mass is 32.2. The number of ether oxygens (including phenoxy) is 1. The van der Waals surface area contributed by atoms with Crippen LogP contribution in [-0.2, 0) is 32.6 Å². The van der Waals surface area contributed by atoms with Crippen molar-refractivity contribution in [2.24, 2.45) is 0 Å². The summed E-state index contributed by atoms with van der Waals surface area (Å²) in [6.07, 6.45) is -0.134. The second kappa shape index (κ2) is 7.08. The monoisotopic (exact) mass is 393 g/mol. The highest BCUT2D eigenvalue weighted by Crippen LogP contribution is 2.17. The zero-order valence-corrected chi connectivity index (χ0v) is 16.1. The van der Waals surface area contributed by atoms with E-state index in [1.54, 1.807) is 4.52 Å². The normalized spacial score (nSPS) is 12.0. The number of carbonyl (C=O) groups is 1. The van der Waals surface area contributed by atoms with Crippen molar-refractivity contribution in [1.29, 1.82) is 0 Å². The summed E-state index contributed by atoms with van der Waals surface area (Å²) in [5.41, 5.74) is 1.66. The van der Waals surface area contributed by atoms with Crippen LogP contribution in [-0.4, -0.2) is 52.4 Å². The molecule has 3 rings (SSSR count). The summed E-state index contributed by atoms with van der Waals surface area (Å²) in [6.45, 7) is 3.53. The maximum atomic E-state index is 12.0. The number of aryl methyl sites for hydroxylation is 2. The quantitative estimate of drug-likeness (QED) is 0.566. The van der Waals surface area contributed by atoms with Gasteiger partial charge in [-0.2, -0.15) is 4.98 Å². The van der Waals surface area contributed by atoms with Crippen LogP contribution in [0.5, 0.6) is 0 Å². The summed E-state index contributed by atoms with van der Waals surface area (Å²) in [5, 5.41) is 4.03. The fourth-order valence-electron chi connectivity index (χ4n) is 2.37. The van der Waals surface area contributed by atoms with Gasteiger partial charge in [0.1, 0.15) is 18.8 Å². The van der Waals surface area contributed by atoms with Gasteiger partial charge in [0, 0.05) is 25.5 Å². The Balaban J connectivity index is 1.64. The summed E-state index contributed by atoms with van der Waals surface area (Å²) in [6, 6.07) is 4.63. The van der Waals surface area contributed by atoms with Gasteiger partial charge in [-0.3, -0.25) is 4.79 Å². The number of esters is 1. The minimum atomic E-state index is -3.67. The van der Waals surface area contributed by atoms with Crippen molar-refractivity contribution in [2.45, 2.75) is 32.0 Å². The Labute approximate surface area is 155 Å². The summed E-state index contributed by atoms with van der Waals surface area (Å²) < 4.78 is 36.9. The van der Waals surface area contributed by atoms with E-state index < -0.39 is 16.0 Å². The molecule has 0 bridgehead atoms.